The van der Waals surface area contributed by atoms with Crippen molar-refractivity contribution in [1.29, 1.82) is 0 Å². The first-order chi connectivity index (χ1) is 14.7. The molecule has 156 valence electrons. The van der Waals surface area contributed by atoms with E-state index in [1.54, 1.807) is 13.2 Å². The topological polar surface area (TPSA) is 80.5 Å². The maximum Gasteiger partial charge on any atom is 0.267 e. The van der Waals surface area contributed by atoms with E-state index in [0.29, 0.717) is 22.0 Å². The van der Waals surface area contributed by atoms with E-state index in [-0.39, 0.29) is 5.91 Å². The minimum atomic E-state index is -0.198. The molecule has 0 radical (unpaired) electrons. The summed E-state index contributed by atoms with van der Waals surface area (Å²) in [5.41, 5.74) is 10.5. The van der Waals surface area contributed by atoms with E-state index >= 15 is 0 Å². The molecule has 2 aromatic heterocycles. The summed E-state index contributed by atoms with van der Waals surface area (Å²) in [7, 11) is 1.61. The zero-order valence-corrected chi connectivity index (χ0v) is 18.0. The zero-order valence-electron chi connectivity index (χ0n) is 17.2. The van der Waals surface area contributed by atoms with E-state index in [2.05, 4.69) is 10.2 Å². The molecule has 3 heterocycles. The van der Waals surface area contributed by atoms with Gasteiger partial charge in [-0.05, 0) is 61.8 Å². The van der Waals surface area contributed by atoms with Crippen molar-refractivity contribution in [2.45, 2.75) is 38.5 Å². The van der Waals surface area contributed by atoms with Crippen LogP contribution in [0.3, 0.4) is 0 Å². The molecule has 30 heavy (non-hydrogen) atoms. The number of pyridine rings is 1. The highest BCUT2D eigenvalue weighted by Gasteiger charge is 2.28. The van der Waals surface area contributed by atoms with E-state index in [1.807, 2.05) is 18.2 Å². The Morgan fingerprint density at radius 2 is 1.93 bits per heavy atom. The van der Waals surface area contributed by atoms with Crippen LogP contribution in [0.15, 0.2) is 24.3 Å². The maximum absolute atomic E-state index is 13.1. The highest BCUT2D eigenvalue weighted by molar-refractivity contribution is 7.21. The third kappa shape index (κ3) is 3.27. The minimum Gasteiger partial charge on any atom is -0.497 e. The first-order valence-corrected chi connectivity index (χ1v) is 11.4. The SMILES string of the molecule is COc1cccc(NC(=O)c2sc3nc(N4CCCC4)c4c(c3c2N)CCCC4)c1. The quantitative estimate of drug-likeness (QED) is 0.641. The fourth-order valence-corrected chi connectivity index (χ4v) is 5.66. The van der Waals surface area contributed by atoms with Crippen LogP contribution in [0.4, 0.5) is 17.2 Å². The lowest BCUT2D eigenvalue weighted by Gasteiger charge is -2.25. The molecule has 6 nitrogen and oxygen atoms in total. The van der Waals surface area contributed by atoms with Crippen LogP contribution in [-0.4, -0.2) is 31.1 Å². The lowest BCUT2D eigenvalue weighted by Crippen LogP contribution is -2.22. The number of aromatic nitrogens is 1. The smallest absolute Gasteiger partial charge is 0.267 e. The van der Waals surface area contributed by atoms with Gasteiger partial charge in [-0.1, -0.05) is 6.07 Å². The number of ether oxygens (including phenoxy) is 1. The molecule has 7 heteroatoms. The standard InChI is InChI=1S/C23H26N4O2S/c1-29-15-8-6-7-14(13-15)25-22(28)20-19(24)18-16-9-2-3-10-17(16)21(26-23(18)30-20)27-11-4-5-12-27/h6-8,13H,2-5,9-12,24H2,1H3,(H,25,28). The Bertz CT molecular complexity index is 1120. The Balaban J connectivity index is 1.56. The molecular weight excluding hydrogens is 396 g/mol. The van der Waals surface area contributed by atoms with Gasteiger partial charge in [-0.2, -0.15) is 0 Å². The van der Waals surface area contributed by atoms with Crippen LogP contribution < -0.4 is 20.7 Å². The number of rotatable bonds is 4. The molecule has 0 spiro atoms. The Morgan fingerprint density at radius 3 is 2.70 bits per heavy atom. The van der Waals surface area contributed by atoms with Crippen LogP contribution in [0.2, 0.25) is 0 Å². The molecule has 1 saturated heterocycles. The summed E-state index contributed by atoms with van der Waals surface area (Å²) in [6.07, 6.45) is 6.84. The second kappa shape index (κ2) is 7.80. The van der Waals surface area contributed by atoms with Gasteiger partial charge in [0.05, 0.1) is 12.8 Å². The first kappa shape index (κ1) is 19.2. The fraction of sp³-hybridized carbons (Fsp3) is 0.391. The number of anilines is 3. The number of methoxy groups -OCH3 is 1. The second-order valence-corrected chi connectivity index (χ2v) is 9.00. The molecule has 1 aliphatic heterocycles. The molecule has 5 rings (SSSR count). The first-order valence-electron chi connectivity index (χ1n) is 10.6. The van der Waals surface area contributed by atoms with E-state index < -0.39 is 0 Å². The van der Waals surface area contributed by atoms with Crippen LogP contribution in [0.1, 0.15) is 46.5 Å². The highest BCUT2D eigenvalue weighted by atomic mass is 32.1. The van der Waals surface area contributed by atoms with E-state index in [0.717, 1.165) is 48.4 Å². The Kier molecular flexibility index (Phi) is 4.98. The molecule has 0 bridgehead atoms. The highest BCUT2D eigenvalue weighted by Crippen LogP contribution is 2.42. The maximum atomic E-state index is 13.1. The van der Waals surface area contributed by atoms with Crippen LogP contribution in [0.25, 0.3) is 10.2 Å². The van der Waals surface area contributed by atoms with E-state index in [9.17, 15) is 4.79 Å². The second-order valence-electron chi connectivity index (χ2n) is 8.00. The number of thiophene rings is 1. The zero-order chi connectivity index (χ0) is 20.7. The molecule has 0 saturated carbocycles. The molecule has 0 unspecified atom stereocenters. The number of aryl methyl sites for hydroxylation is 1. The molecule has 1 aliphatic carbocycles. The normalized spacial score (nSPS) is 16.0. The lowest BCUT2D eigenvalue weighted by atomic mass is 9.89. The van der Waals surface area contributed by atoms with Gasteiger partial charge in [-0.3, -0.25) is 4.79 Å². The number of fused-ring (bicyclic) bond motifs is 3. The van der Waals surface area contributed by atoms with Gasteiger partial charge in [0, 0.05) is 30.2 Å². The molecule has 3 aromatic rings. The Hall–Kier alpha value is -2.80. The van der Waals surface area contributed by atoms with Crippen molar-refractivity contribution < 1.29 is 9.53 Å². The Morgan fingerprint density at radius 1 is 1.17 bits per heavy atom. The number of carbonyl (C=O) groups excluding carboxylic acids is 1. The largest absolute Gasteiger partial charge is 0.497 e. The average Bonchev–Trinajstić information content (AvgIpc) is 3.41. The van der Waals surface area contributed by atoms with Crippen molar-refractivity contribution in [2.24, 2.45) is 0 Å². The van der Waals surface area contributed by atoms with Gasteiger partial charge >= 0.3 is 0 Å². The van der Waals surface area contributed by atoms with Crippen molar-refractivity contribution >= 4 is 44.7 Å². The monoisotopic (exact) mass is 422 g/mol. The lowest BCUT2D eigenvalue weighted by molar-refractivity contribution is 0.103. The average molecular weight is 423 g/mol. The van der Waals surface area contributed by atoms with Crippen molar-refractivity contribution in [3.63, 3.8) is 0 Å². The summed E-state index contributed by atoms with van der Waals surface area (Å²) in [5, 5.41) is 3.95. The van der Waals surface area contributed by atoms with Crippen molar-refractivity contribution in [3.05, 3.63) is 40.3 Å². The van der Waals surface area contributed by atoms with Gasteiger partial charge in [0.2, 0.25) is 0 Å². The number of nitrogens with one attached hydrogen (secondary N) is 1. The number of benzene rings is 1. The van der Waals surface area contributed by atoms with Crippen LogP contribution in [-0.2, 0) is 12.8 Å². The molecule has 1 aromatic carbocycles. The summed E-state index contributed by atoms with van der Waals surface area (Å²) >= 11 is 1.40. The van der Waals surface area contributed by atoms with Crippen molar-refractivity contribution in [1.82, 2.24) is 4.98 Å². The molecule has 0 atom stereocenters. The molecule has 1 fully saturated rings. The molecule has 1 amide bonds. The number of carbonyl (C=O) groups is 1. The predicted octanol–water partition coefficient (Wildman–Crippen LogP) is 4.62. The van der Waals surface area contributed by atoms with Gasteiger partial charge in [-0.15, -0.1) is 11.3 Å². The van der Waals surface area contributed by atoms with Gasteiger partial charge in [-0.25, -0.2) is 4.98 Å². The van der Waals surface area contributed by atoms with Gasteiger partial charge in [0.1, 0.15) is 21.3 Å². The van der Waals surface area contributed by atoms with Crippen molar-refractivity contribution in [2.75, 3.05) is 36.1 Å². The van der Waals surface area contributed by atoms with Gasteiger partial charge in [0.15, 0.2) is 0 Å². The third-order valence-electron chi connectivity index (χ3n) is 6.11. The summed E-state index contributed by atoms with van der Waals surface area (Å²) in [4.78, 5) is 21.9. The summed E-state index contributed by atoms with van der Waals surface area (Å²) in [6.45, 7) is 2.13. The number of hydrogen-bond acceptors (Lipinski definition) is 6. The minimum absolute atomic E-state index is 0.198. The third-order valence-corrected chi connectivity index (χ3v) is 7.21. The molecular formula is C23H26N4O2S. The number of nitrogens with zero attached hydrogens (tertiary/aromatic N) is 2. The molecule has 2 aliphatic rings. The van der Waals surface area contributed by atoms with Crippen LogP contribution >= 0.6 is 11.3 Å². The Labute approximate surface area is 180 Å². The fourth-order valence-electron chi connectivity index (χ4n) is 4.64. The summed E-state index contributed by atoms with van der Waals surface area (Å²) in [6, 6.07) is 7.34. The predicted molar refractivity (Wildman–Crippen MR) is 123 cm³/mol. The van der Waals surface area contributed by atoms with E-state index in [1.165, 1.54) is 41.7 Å². The summed E-state index contributed by atoms with van der Waals surface area (Å²) in [5.74, 6) is 1.62. The van der Waals surface area contributed by atoms with Crippen LogP contribution in [0.5, 0.6) is 5.75 Å². The summed E-state index contributed by atoms with van der Waals surface area (Å²) < 4.78 is 5.25. The van der Waals surface area contributed by atoms with E-state index in [4.69, 9.17) is 15.5 Å². The number of amides is 1. The number of nitrogens with two attached hydrogens (primary N) is 1. The number of nitrogen functional groups attached to an aromatic ring is 1. The number of hydrogen-bond donors (Lipinski definition) is 2. The van der Waals surface area contributed by atoms with Crippen molar-refractivity contribution in [3.8, 4) is 5.75 Å². The van der Waals surface area contributed by atoms with Gasteiger partial charge < -0.3 is 20.7 Å². The molecule has 3 N–H and O–H groups in total. The van der Waals surface area contributed by atoms with Gasteiger partial charge in [0.25, 0.3) is 5.91 Å². The van der Waals surface area contributed by atoms with Crippen LogP contribution in [0, 0.1) is 0 Å².